The molecule has 0 spiro atoms. The Bertz CT molecular complexity index is 316. The van der Waals surface area contributed by atoms with Crippen molar-refractivity contribution in [3.8, 4) is 0 Å². The second-order valence-corrected chi connectivity index (χ2v) is 3.88. The summed E-state index contributed by atoms with van der Waals surface area (Å²) in [6.45, 7) is 4.00. The third-order valence-electron chi connectivity index (χ3n) is 1.72. The SMILES string of the molecule is CC.c1ccc(Sc2ccccc2)cc1. The van der Waals surface area contributed by atoms with Crippen LogP contribution in [0.2, 0.25) is 0 Å². The van der Waals surface area contributed by atoms with Crippen molar-refractivity contribution in [2.24, 2.45) is 0 Å². The van der Waals surface area contributed by atoms with Crippen LogP contribution in [0.25, 0.3) is 0 Å². The van der Waals surface area contributed by atoms with Crippen molar-refractivity contribution in [3.05, 3.63) is 60.7 Å². The molecule has 0 heterocycles. The summed E-state index contributed by atoms with van der Waals surface area (Å²) in [4.78, 5) is 2.57. The van der Waals surface area contributed by atoms with E-state index in [0.717, 1.165) is 0 Å². The minimum atomic E-state index is 1.29. The summed E-state index contributed by atoms with van der Waals surface area (Å²) >= 11 is 1.79. The molecule has 0 unspecified atom stereocenters. The molecule has 1 heteroatoms. The van der Waals surface area contributed by atoms with E-state index in [4.69, 9.17) is 0 Å². The fraction of sp³-hybridized carbons (Fsp3) is 0.143. The van der Waals surface area contributed by atoms with Crippen molar-refractivity contribution in [1.29, 1.82) is 0 Å². The summed E-state index contributed by atoms with van der Waals surface area (Å²) < 4.78 is 0. The molecule has 0 aliphatic heterocycles. The maximum Gasteiger partial charge on any atom is 0.0122 e. The van der Waals surface area contributed by atoms with Crippen molar-refractivity contribution >= 4 is 11.8 Å². The van der Waals surface area contributed by atoms with E-state index in [0.29, 0.717) is 0 Å². The van der Waals surface area contributed by atoms with Gasteiger partial charge in [-0.2, -0.15) is 0 Å². The second kappa shape index (κ2) is 7.13. The van der Waals surface area contributed by atoms with Crippen LogP contribution in [0.4, 0.5) is 0 Å². The first-order valence-electron chi connectivity index (χ1n) is 5.23. The summed E-state index contributed by atoms with van der Waals surface area (Å²) in [6, 6.07) is 20.8. The maximum absolute atomic E-state index is 2.12. The number of benzene rings is 2. The molecule has 0 aliphatic rings. The average Bonchev–Trinajstić information content (AvgIpc) is 2.34. The maximum atomic E-state index is 2.12. The first-order valence-corrected chi connectivity index (χ1v) is 6.05. The third-order valence-corrected chi connectivity index (χ3v) is 2.74. The molecule has 0 saturated carbocycles. The van der Waals surface area contributed by atoms with E-state index in [-0.39, 0.29) is 0 Å². The fourth-order valence-corrected chi connectivity index (χ4v) is 1.97. The summed E-state index contributed by atoms with van der Waals surface area (Å²) in [6.07, 6.45) is 0. The van der Waals surface area contributed by atoms with Crippen LogP contribution in [-0.4, -0.2) is 0 Å². The lowest BCUT2D eigenvalue weighted by atomic mass is 10.4. The van der Waals surface area contributed by atoms with E-state index < -0.39 is 0 Å². The lowest BCUT2D eigenvalue weighted by Gasteiger charge is -1.99. The zero-order valence-corrected chi connectivity index (χ0v) is 10.00. The standard InChI is InChI=1S/C12H10S.C2H6/c1-3-7-11(8-4-1)13-12-9-5-2-6-10-12;1-2/h1-10H;1-2H3. The van der Waals surface area contributed by atoms with Crippen LogP contribution in [0.5, 0.6) is 0 Å². The highest BCUT2D eigenvalue weighted by Gasteiger charge is 1.93. The second-order valence-electron chi connectivity index (χ2n) is 2.73. The molecule has 78 valence electrons. The van der Waals surface area contributed by atoms with Gasteiger partial charge in [-0.3, -0.25) is 0 Å². The molecule has 2 aromatic rings. The van der Waals surface area contributed by atoms with Crippen LogP contribution < -0.4 is 0 Å². The van der Waals surface area contributed by atoms with E-state index in [1.807, 2.05) is 26.0 Å². The predicted octanol–water partition coefficient (Wildman–Crippen LogP) is 4.86. The normalized spacial score (nSPS) is 8.93. The van der Waals surface area contributed by atoms with Crippen LogP contribution in [0.1, 0.15) is 13.8 Å². The van der Waals surface area contributed by atoms with Gasteiger partial charge in [-0.15, -0.1) is 0 Å². The molecule has 0 aliphatic carbocycles. The van der Waals surface area contributed by atoms with E-state index in [1.54, 1.807) is 11.8 Å². The third kappa shape index (κ3) is 4.22. The number of hydrogen-bond acceptors (Lipinski definition) is 1. The fourth-order valence-electron chi connectivity index (χ4n) is 1.11. The van der Waals surface area contributed by atoms with E-state index in [9.17, 15) is 0 Å². The van der Waals surface area contributed by atoms with Gasteiger partial charge in [-0.1, -0.05) is 62.0 Å². The van der Waals surface area contributed by atoms with Crippen LogP contribution in [0.3, 0.4) is 0 Å². The molecule has 0 fully saturated rings. The van der Waals surface area contributed by atoms with Gasteiger partial charge in [0, 0.05) is 9.79 Å². The molecule has 0 bridgehead atoms. The van der Waals surface area contributed by atoms with Crippen LogP contribution in [0, 0.1) is 0 Å². The highest BCUT2D eigenvalue weighted by Crippen LogP contribution is 2.26. The highest BCUT2D eigenvalue weighted by atomic mass is 32.2. The Morgan fingerprint density at radius 2 is 0.933 bits per heavy atom. The van der Waals surface area contributed by atoms with Gasteiger partial charge in [0.1, 0.15) is 0 Å². The Morgan fingerprint density at radius 3 is 1.27 bits per heavy atom. The molecule has 0 saturated heterocycles. The largest absolute Gasteiger partial charge is 0.0901 e. The van der Waals surface area contributed by atoms with Gasteiger partial charge in [0.15, 0.2) is 0 Å². The van der Waals surface area contributed by atoms with Crippen LogP contribution in [0.15, 0.2) is 70.5 Å². The average molecular weight is 216 g/mol. The van der Waals surface area contributed by atoms with E-state index >= 15 is 0 Å². The molecule has 15 heavy (non-hydrogen) atoms. The Hall–Kier alpha value is -1.21. The summed E-state index contributed by atoms with van der Waals surface area (Å²) in [7, 11) is 0. The smallest absolute Gasteiger partial charge is 0.0122 e. The zero-order valence-electron chi connectivity index (χ0n) is 9.18. The summed E-state index contributed by atoms with van der Waals surface area (Å²) in [5, 5.41) is 0. The minimum Gasteiger partial charge on any atom is -0.0901 e. The van der Waals surface area contributed by atoms with Gasteiger partial charge in [0.25, 0.3) is 0 Å². The van der Waals surface area contributed by atoms with Crippen molar-refractivity contribution in [2.45, 2.75) is 23.6 Å². The highest BCUT2D eigenvalue weighted by molar-refractivity contribution is 7.99. The molecule has 0 N–H and O–H groups in total. The van der Waals surface area contributed by atoms with E-state index in [1.165, 1.54) is 9.79 Å². The molecule has 0 atom stereocenters. The molecule has 0 aromatic heterocycles. The first-order chi connectivity index (χ1) is 7.45. The lowest BCUT2D eigenvalue weighted by molar-refractivity contribution is 1.41. The van der Waals surface area contributed by atoms with Gasteiger partial charge in [-0.25, -0.2) is 0 Å². The molecular weight excluding hydrogens is 200 g/mol. The predicted molar refractivity (Wildman–Crippen MR) is 68.4 cm³/mol. The Balaban J connectivity index is 0.000000531. The molecule has 0 amide bonds. The quantitative estimate of drug-likeness (QED) is 0.690. The molecule has 0 nitrogen and oxygen atoms in total. The zero-order chi connectivity index (χ0) is 10.9. The van der Waals surface area contributed by atoms with Crippen molar-refractivity contribution in [3.63, 3.8) is 0 Å². The molecule has 0 radical (unpaired) electrons. The topological polar surface area (TPSA) is 0 Å². The van der Waals surface area contributed by atoms with Crippen molar-refractivity contribution < 1.29 is 0 Å². The Morgan fingerprint density at radius 1 is 0.600 bits per heavy atom. The molecule has 2 rings (SSSR count). The van der Waals surface area contributed by atoms with Gasteiger partial charge < -0.3 is 0 Å². The summed E-state index contributed by atoms with van der Waals surface area (Å²) in [5.74, 6) is 0. The van der Waals surface area contributed by atoms with Crippen molar-refractivity contribution in [1.82, 2.24) is 0 Å². The number of hydrogen-bond donors (Lipinski definition) is 0. The van der Waals surface area contributed by atoms with E-state index in [2.05, 4.69) is 48.5 Å². The monoisotopic (exact) mass is 216 g/mol. The Kier molecular flexibility index (Phi) is 5.64. The first kappa shape index (κ1) is 11.9. The van der Waals surface area contributed by atoms with Gasteiger partial charge in [-0.05, 0) is 24.3 Å². The number of rotatable bonds is 2. The van der Waals surface area contributed by atoms with Crippen molar-refractivity contribution in [2.75, 3.05) is 0 Å². The molecular formula is C14H16S. The van der Waals surface area contributed by atoms with Gasteiger partial charge in [0.2, 0.25) is 0 Å². The van der Waals surface area contributed by atoms with Crippen LogP contribution in [-0.2, 0) is 0 Å². The Labute approximate surface area is 96.3 Å². The molecule has 2 aromatic carbocycles. The lowest BCUT2D eigenvalue weighted by Crippen LogP contribution is -1.70. The van der Waals surface area contributed by atoms with Gasteiger partial charge >= 0.3 is 0 Å². The van der Waals surface area contributed by atoms with Crippen LogP contribution >= 0.6 is 11.8 Å². The minimum absolute atomic E-state index is 1.29. The summed E-state index contributed by atoms with van der Waals surface area (Å²) in [5.41, 5.74) is 0. The van der Waals surface area contributed by atoms with Gasteiger partial charge in [0.05, 0.1) is 0 Å².